The van der Waals surface area contributed by atoms with Gasteiger partial charge in [-0.3, -0.25) is 0 Å². The number of H-pyrrole nitrogens is 1. The molecule has 0 aromatic carbocycles. The maximum Gasteiger partial charge on any atom is 0.226 e. The monoisotopic (exact) mass is 262 g/mol. The van der Waals surface area contributed by atoms with Crippen LogP contribution < -0.4 is 10.6 Å². The molecule has 2 aromatic rings. The van der Waals surface area contributed by atoms with Gasteiger partial charge in [0.05, 0.1) is 6.33 Å². The number of aromatic amines is 1. The fourth-order valence-corrected chi connectivity index (χ4v) is 1.76. The van der Waals surface area contributed by atoms with Crippen LogP contribution in [0.2, 0.25) is 0 Å². The van der Waals surface area contributed by atoms with Gasteiger partial charge in [0.2, 0.25) is 5.95 Å². The zero-order chi connectivity index (χ0) is 13.7. The van der Waals surface area contributed by atoms with Crippen LogP contribution in [0.5, 0.6) is 0 Å². The Bertz CT molecular complexity index is 519. The van der Waals surface area contributed by atoms with E-state index in [1.54, 1.807) is 6.33 Å². The number of aromatic nitrogens is 4. The van der Waals surface area contributed by atoms with Gasteiger partial charge in [0.1, 0.15) is 5.52 Å². The Morgan fingerprint density at radius 1 is 1.21 bits per heavy atom. The molecule has 6 nitrogen and oxygen atoms in total. The van der Waals surface area contributed by atoms with Crippen molar-refractivity contribution in [1.82, 2.24) is 19.9 Å². The van der Waals surface area contributed by atoms with E-state index in [9.17, 15) is 0 Å². The number of imidazole rings is 1. The van der Waals surface area contributed by atoms with Crippen LogP contribution in [0.15, 0.2) is 6.33 Å². The highest BCUT2D eigenvalue weighted by Gasteiger charge is 2.09. The van der Waals surface area contributed by atoms with E-state index in [2.05, 4.69) is 51.3 Å². The van der Waals surface area contributed by atoms with E-state index < -0.39 is 0 Å². The maximum atomic E-state index is 4.50. The van der Waals surface area contributed by atoms with Crippen molar-refractivity contribution in [2.24, 2.45) is 5.92 Å². The first-order valence-electron chi connectivity index (χ1n) is 6.89. The maximum absolute atomic E-state index is 4.50. The molecule has 0 fully saturated rings. The lowest BCUT2D eigenvalue weighted by Crippen LogP contribution is -2.10. The molecule has 0 unspecified atom stereocenters. The molecule has 0 saturated heterocycles. The summed E-state index contributed by atoms with van der Waals surface area (Å²) in [6, 6.07) is 0. The summed E-state index contributed by atoms with van der Waals surface area (Å²) in [5.74, 6) is 2.12. The molecule has 0 atom stereocenters. The predicted molar refractivity (Wildman–Crippen MR) is 78.4 cm³/mol. The smallest absolute Gasteiger partial charge is 0.226 e. The zero-order valence-electron chi connectivity index (χ0n) is 11.8. The second kappa shape index (κ2) is 6.36. The van der Waals surface area contributed by atoms with Crippen LogP contribution in [0.25, 0.3) is 11.2 Å². The molecule has 0 saturated carbocycles. The van der Waals surface area contributed by atoms with Crippen LogP contribution in [-0.2, 0) is 0 Å². The molecule has 104 valence electrons. The number of nitrogens with zero attached hydrogens (tertiary/aromatic N) is 3. The number of fused-ring (bicyclic) bond motifs is 1. The van der Waals surface area contributed by atoms with Gasteiger partial charge >= 0.3 is 0 Å². The van der Waals surface area contributed by atoms with Crippen LogP contribution in [0, 0.1) is 5.92 Å². The summed E-state index contributed by atoms with van der Waals surface area (Å²) in [6.07, 6.45) is 3.80. The van der Waals surface area contributed by atoms with E-state index in [0.717, 1.165) is 37.3 Å². The van der Waals surface area contributed by atoms with Gasteiger partial charge in [-0.05, 0) is 18.8 Å². The second-order valence-electron chi connectivity index (χ2n) is 5.03. The molecule has 0 aliphatic rings. The van der Waals surface area contributed by atoms with Crippen molar-refractivity contribution in [3.8, 4) is 0 Å². The lowest BCUT2D eigenvalue weighted by atomic mass is 10.1. The highest BCUT2D eigenvalue weighted by Crippen LogP contribution is 2.18. The number of hydrogen-bond donors (Lipinski definition) is 3. The average Bonchev–Trinajstić information content (AvgIpc) is 2.84. The first-order valence-corrected chi connectivity index (χ1v) is 6.89. The van der Waals surface area contributed by atoms with Gasteiger partial charge in [-0.1, -0.05) is 20.8 Å². The van der Waals surface area contributed by atoms with Crippen molar-refractivity contribution in [1.29, 1.82) is 0 Å². The summed E-state index contributed by atoms with van der Waals surface area (Å²) in [5.41, 5.74) is 1.56. The highest BCUT2D eigenvalue weighted by molar-refractivity contribution is 5.83. The lowest BCUT2D eigenvalue weighted by Gasteiger charge is -2.10. The summed E-state index contributed by atoms with van der Waals surface area (Å²) in [5, 5.41) is 6.56. The predicted octanol–water partition coefficient (Wildman–Crippen LogP) is 2.63. The molecule has 2 rings (SSSR count). The Hall–Kier alpha value is -1.85. The van der Waals surface area contributed by atoms with Crippen LogP contribution in [0.4, 0.5) is 11.8 Å². The molecule has 6 heteroatoms. The Kier molecular flexibility index (Phi) is 4.54. The molecule has 2 heterocycles. The molecule has 0 aliphatic heterocycles. The van der Waals surface area contributed by atoms with Gasteiger partial charge in [0.25, 0.3) is 0 Å². The third-order valence-electron chi connectivity index (χ3n) is 2.83. The Labute approximate surface area is 113 Å². The number of anilines is 2. The van der Waals surface area contributed by atoms with E-state index in [1.165, 1.54) is 0 Å². The molecule has 0 aliphatic carbocycles. The fraction of sp³-hybridized carbons (Fsp3) is 0.615. The van der Waals surface area contributed by atoms with Crippen LogP contribution in [-0.4, -0.2) is 33.0 Å². The molecule has 2 aromatic heterocycles. The van der Waals surface area contributed by atoms with Gasteiger partial charge < -0.3 is 15.6 Å². The van der Waals surface area contributed by atoms with E-state index in [-0.39, 0.29) is 0 Å². The summed E-state index contributed by atoms with van der Waals surface area (Å²) in [7, 11) is 0. The Morgan fingerprint density at radius 3 is 2.79 bits per heavy atom. The third kappa shape index (κ3) is 3.56. The van der Waals surface area contributed by atoms with Crippen LogP contribution in [0.1, 0.15) is 33.6 Å². The minimum atomic E-state index is 0.633. The normalized spacial score (nSPS) is 11.2. The van der Waals surface area contributed by atoms with E-state index in [4.69, 9.17) is 0 Å². The van der Waals surface area contributed by atoms with Crippen molar-refractivity contribution in [3.63, 3.8) is 0 Å². The van der Waals surface area contributed by atoms with E-state index >= 15 is 0 Å². The summed E-state index contributed by atoms with van der Waals surface area (Å²) >= 11 is 0. The summed E-state index contributed by atoms with van der Waals surface area (Å²) in [4.78, 5) is 16.2. The first-order chi connectivity index (χ1) is 9.20. The van der Waals surface area contributed by atoms with Gasteiger partial charge in [-0.2, -0.15) is 9.97 Å². The van der Waals surface area contributed by atoms with Crippen LogP contribution in [0.3, 0.4) is 0 Å². The highest BCUT2D eigenvalue weighted by atomic mass is 15.2. The molecule has 0 bridgehead atoms. The van der Waals surface area contributed by atoms with Crippen molar-refractivity contribution >= 4 is 22.9 Å². The summed E-state index contributed by atoms with van der Waals surface area (Å²) in [6.45, 7) is 8.29. The minimum absolute atomic E-state index is 0.633. The van der Waals surface area contributed by atoms with Gasteiger partial charge in [0, 0.05) is 13.1 Å². The number of hydrogen-bond acceptors (Lipinski definition) is 5. The Balaban J connectivity index is 2.16. The minimum Gasteiger partial charge on any atom is -0.368 e. The SMILES string of the molecule is CCCNc1nc(NCCC(C)C)c2[nH]cnc2n1. The van der Waals surface area contributed by atoms with Crippen molar-refractivity contribution in [3.05, 3.63) is 6.33 Å². The van der Waals surface area contributed by atoms with Gasteiger partial charge in [-0.15, -0.1) is 0 Å². The van der Waals surface area contributed by atoms with Crippen molar-refractivity contribution in [2.75, 3.05) is 23.7 Å². The van der Waals surface area contributed by atoms with Gasteiger partial charge in [0.15, 0.2) is 11.5 Å². The summed E-state index contributed by atoms with van der Waals surface area (Å²) < 4.78 is 0. The number of rotatable bonds is 7. The van der Waals surface area contributed by atoms with Crippen LogP contribution >= 0.6 is 0 Å². The van der Waals surface area contributed by atoms with Gasteiger partial charge in [-0.25, -0.2) is 4.98 Å². The quantitative estimate of drug-likeness (QED) is 0.715. The molecule has 3 N–H and O–H groups in total. The van der Waals surface area contributed by atoms with E-state index in [0.29, 0.717) is 17.5 Å². The number of nitrogens with one attached hydrogen (secondary N) is 3. The lowest BCUT2D eigenvalue weighted by molar-refractivity contribution is 0.607. The molecule has 0 radical (unpaired) electrons. The topological polar surface area (TPSA) is 78.5 Å². The molecular formula is C13H22N6. The second-order valence-corrected chi connectivity index (χ2v) is 5.03. The molecule has 0 amide bonds. The van der Waals surface area contributed by atoms with Crippen molar-refractivity contribution in [2.45, 2.75) is 33.6 Å². The fourth-order valence-electron chi connectivity index (χ4n) is 1.76. The average molecular weight is 262 g/mol. The molecular weight excluding hydrogens is 240 g/mol. The third-order valence-corrected chi connectivity index (χ3v) is 2.83. The largest absolute Gasteiger partial charge is 0.368 e. The first kappa shape index (κ1) is 13.6. The Morgan fingerprint density at radius 2 is 2.05 bits per heavy atom. The van der Waals surface area contributed by atoms with E-state index in [1.807, 2.05) is 0 Å². The zero-order valence-corrected chi connectivity index (χ0v) is 11.8. The van der Waals surface area contributed by atoms with Crippen molar-refractivity contribution < 1.29 is 0 Å². The molecule has 19 heavy (non-hydrogen) atoms. The molecule has 0 spiro atoms. The standard InChI is InChI=1S/C13H22N6/c1-4-6-15-13-18-11(14-7-5-9(2)3)10-12(19-13)17-8-16-10/h8-9H,4-7H2,1-3H3,(H3,14,15,16,17,18,19).